The Balaban J connectivity index is 2.04. The van der Waals surface area contributed by atoms with Gasteiger partial charge in [0, 0.05) is 11.8 Å². The minimum absolute atomic E-state index is 0.0762. The van der Waals surface area contributed by atoms with Crippen LogP contribution < -0.4 is 5.32 Å². The van der Waals surface area contributed by atoms with E-state index >= 15 is 0 Å². The number of carboxylic acids is 1. The van der Waals surface area contributed by atoms with Crippen LogP contribution in [0.25, 0.3) is 0 Å². The SMILES string of the molecule is CCC(C)NC(=O)C1CSCN1C(=O)Cc1cccc(C(=O)O)c1. The molecule has 1 fully saturated rings. The molecule has 0 spiro atoms. The molecule has 2 amide bonds. The van der Waals surface area contributed by atoms with Gasteiger partial charge in [-0.1, -0.05) is 19.1 Å². The van der Waals surface area contributed by atoms with Crippen LogP contribution in [-0.4, -0.2) is 51.5 Å². The summed E-state index contributed by atoms with van der Waals surface area (Å²) < 4.78 is 0. The first-order chi connectivity index (χ1) is 11.4. The zero-order valence-electron chi connectivity index (χ0n) is 13.8. The summed E-state index contributed by atoms with van der Waals surface area (Å²) >= 11 is 1.55. The molecule has 1 aliphatic rings. The van der Waals surface area contributed by atoms with Crippen molar-refractivity contribution in [1.82, 2.24) is 10.2 Å². The van der Waals surface area contributed by atoms with E-state index in [9.17, 15) is 14.4 Å². The molecular formula is C17H22N2O4S. The van der Waals surface area contributed by atoms with E-state index in [-0.39, 0.29) is 29.8 Å². The van der Waals surface area contributed by atoms with Gasteiger partial charge in [-0.15, -0.1) is 11.8 Å². The molecule has 0 aromatic heterocycles. The molecule has 2 unspecified atom stereocenters. The molecule has 0 aliphatic carbocycles. The first kappa shape index (κ1) is 18.3. The monoisotopic (exact) mass is 350 g/mol. The van der Waals surface area contributed by atoms with Crippen LogP contribution in [0.1, 0.15) is 36.2 Å². The average Bonchev–Trinajstić information content (AvgIpc) is 3.04. The fraction of sp³-hybridized carbons (Fsp3) is 0.471. The van der Waals surface area contributed by atoms with Gasteiger partial charge in [-0.25, -0.2) is 4.79 Å². The summed E-state index contributed by atoms with van der Waals surface area (Å²) in [6.45, 7) is 3.93. The lowest BCUT2D eigenvalue weighted by molar-refractivity contribution is -0.137. The smallest absolute Gasteiger partial charge is 0.335 e. The van der Waals surface area contributed by atoms with Gasteiger partial charge in [0.1, 0.15) is 6.04 Å². The van der Waals surface area contributed by atoms with Crippen LogP contribution in [0.15, 0.2) is 24.3 Å². The molecule has 1 saturated heterocycles. The summed E-state index contributed by atoms with van der Waals surface area (Å²) in [5.41, 5.74) is 0.792. The highest BCUT2D eigenvalue weighted by molar-refractivity contribution is 7.99. The van der Waals surface area contributed by atoms with Gasteiger partial charge >= 0.3 is 5.97 Å². The van der Waals surface area contributed by atoms with Crippen molar-refractivity contribution in [2.24, 2.45) is 0 Å². The van der Waals surface area contributed by atoms with E-state index in [0.717, 1.165) is 6.42 Å². The third-order valence-corrected chi connectivity index (χ3v) is 5.05. The normalized spacial score (nSPS) is 18.2. The maximum Gasteiger partial charge on any atom is 0.335 e. The molecule has 1 aromatic rings. The van der Waals surface area contributed by atoms with Gasteiger partial charge in [0.05, 0.1) is 17.9 Å². The Morgan fingerprint density at radius 1 is 1.42 bits per heavy atom. The number of nitrogens with zero attached hydrogens (tertiary/aromatic N) is 1. The predicted molar refractivity (Wildman–Crippen MR) is 93.0 cm³/mol. The lowest BCUT2D eigenvalue weighted by atomic mass is 10.1. The lowest BCUT2D eigenvalue weighted by Gasteiger charge is -2.24. The molecule has 0 radical (unpaired) electrons. The number of rotatable bonds is 6. The second kappa shape index (κ2) is 8.19. The molecule has 2 N–H and O–H groups in total. The Morgan fingerprint density at radius 3 is 2.83 bits per heavy atom. The minimum atomic E-state index is -1.02. The van der Waals surface area contributed by atoms with Gasteiger partial charge in [0.2, 0.25) is 11.8 Å². The number of carboxylic acid groups (broad SMARTS) is 1. The maximum atomic E-state index is 12.6. The predicted octanol–water partition coefficient (Wildman–Crippen LogP) is 1.74. The van der Waals surface area contributed by atoms with Gasteiger partial charge in [-0.05, 0) is 31.0 Å². The Morgan fingerprint density at radius 2 is 2.17 bits per heavy atom. The summed E-state index contributed by atoms with van der Waals surface area (Å²) in [5, 5.41) is 11.9. The molecule has 0 saturated carbocycles. The molecule has 1 heterocycles. The first-order valence-electron chi connectivity index (χ1n) is 7.92. The van der Waals surface area contributed by atoms with Crippen molar-refractivity contribution >= 4 is 29.5 Å². The Hall–Kier alpha value is -2.02. The van der Waals surface area contributed by atoms with Crippen molar-refractivity contribution in [3.8, 4) is 0 Å². The molecule has 0 bridgehead atoms. The van der Waals surface area contributed by atoms with Gasteiger partial charge in [-0.2, -0.15) is 0 Å². The van der Waals surface area contributed by atoms with E-state index in [1.807, 2.05) is 13.8 Å². The largest absolute Gasteiger partial charge is 0.478 e. The third-order valence-electron chi connectivity index (χ3n) is 4.04. The van der Waals surface area contributed by atoms with Crippen LogP contribution in [0.2, 0.25) is 0 Å². The highest BCUT2D eigenvalue weighted by Crippen LogP contribution is 2.22. The highest BCUT2D eigenvalue weighted by atomic mass is 32.2. The number of benzene rings is 1. The molecule has 1 aromatic carbocycles. The number of carbonyl (C=O) groups excluding carboxylic acids is 2. The van der Waals surface area contributed by atoms with Crippen molar-refractivity contribution < 1.29 is 19.5 Å². The zero-order valence-corrected chi connectivity index (χ0v) is 14.6. The van der Waals surface area contributed by atoms with Crippen molar-refractivity contribution in [2.75, 3.05) is 11.6 Å². The molecule has 6 nitrogen and oxygen atoms in total. The van der Waals surface area contributed by atoms with Gasteiger partial charge in [0.25, 0.3) is 0 Å². The number of carbonyl (C=O) groups is 3. The minimum Gasteiger partial charge on any atom is -0.478 e. The van der Waals surface area contributed by atoms with Crippen LogP contribution in [0, 0.1) is 0 Å². The van der Waals surface area contributed by atoms with E-state index in [2.05, 4.69) is 5.32 Å². The number of hydrogen-bond acceptors (Lipinski definition) is 4. The van der Waals surface area contributed by atoms with Crippen LogP contribution in [-0.2, 0) is 16.0 Å². The van der Waals surface area contributed by atoms with Crippen molar-refractivity contribution in [3.63, 3.8) is 0 Å². The first-order valence-corrected chi connectivity index (χ1v) is 9.07. The molecule has 2 rings (SSSR count). The van der Waals surface area contributed by atoms with E-state index in [1.165, 1.54) is 12.1 Å². The molecule has 2 atom stereocenters. The Labute approximate surface area is 145 Å². The Bertz CT molecular complexity index is 635. The summed E-state index contributed by atoms with van der Waals surface area (Å²) in [4.78, 5) is 37.5. The lowest BCUT2D eigenvalue weighted by Crippen LogP contribution is -2.49. The van der Waals surface area contributed by atoms with Crippen molar-refractivity contribution in [2.45, 2.75) is 38.8 Å². The fourth-order valence-corrected chi connectivity index (χ4v) is 3.62. The standard InChI is InChI=1S/C17H22N2O4S/c1-3-11(2)18-16(21)14-9-24-10-19(14)15(20)8-12-5-4-6-13(7-12)17(22)23/h4-7,11,14H,3,8-10H2,1-2H3,(H,18,21)(H,22,23). The van der Waals surface area contributed by atoms with Crippen LogP contribution in [0.3, 0.4) is 0 Å². The van der Waals surface area contributed by atoms with Crippen LogP contribution in [0.5, 0.6) is 0 Å². The summed E-state index contributed by atoms with van der Waals surface area (Å²) in [5.74, 6) is -0.236. The maximum absolute atomic E-state index is 12.6. The summed E-state index contributed by atoms with van der Waals surface area (Å²) in [7, 11) is 0. The van der Waals surface area contributed by atoms with E-state index in [4.69, 9.17) is 5.11 Å². The van der Waals surface area contributed by atoms with E-state index in [1.54, 1.807) is 28.8 Å². The number of nitrogens with one attached hydrogen (secondary N) is 1. The third kappa shape index (κ3) is 4.50. The summed E-state index contributed by atoms with van der Waals surface area (Å²) in [6.07, 6.45) is 0.927. The van der Waals surface area contributed by atoms with Gasteiger partial charge in [0.15, 0.2) is 0 Å². The zero-order chi connectivity index (χ0) is 17.7. The van der Waals surface area contributed by atoms with Gasteiger partial charge < -0.3 is 15.3 Å². The topological polar surface area (TPSA) is 86.7 Å². The average molecular weight is 350 g/mol. The number of amides is 2. The number of hydrogen-bond donors (Lipinski definition) is 2. The number of thioether (sulfide) groups is 1. The van der Waals surface area contributed by atoms with E-state index in [0.29, 0.717) is 17.2 Å². The molecular weight excluding hydrogens is 328 g/mol. The van der Waals surface area contributed by atoms with Gasteiger partial charge in [-0.3, -0.25) is 9.59 Å². The molecule has 24 heavy (non-hydrogen) atoms. The second-order valence-corrected chi connectivity index (χ2v) is 6.88. The highest BCUT2D eigenvalue weighted by Gasteiger charge is 2.34. The van der Waals surface area contributed by atoms with Crippen LogP contribution >= 0.6 is 11.8 Å². The number of aromatic carboxylic acids is 1. The quantitative estimate of drug-likeness (QED) is 0.816. The molecule has 7 heteroatoms. The molecule has 1 aliphatic heterocycles. The van der Waals surface area contributed by atoms with Crippen molar-refractivity contribution in [3.05, 3.63) is 35.4 Å². The second-order valence-electron chi connectivity index (χ2n) is 5.88. The van der Waals surface area contributed by atoms with E-state index < -0.39 is 12.0 Å². The Kier molecular flexibility index (Phi) is 6.25. The summed E-state index contributed by atoms with van der Waals surface area (Å²) in [6, 6.07) is 5.95. The molecule has 130 valence electrons. The van der Waals surface area contributed by atoms with Crippen LogP contribution in [0.4, 0.5) is 0 Å². The van der Waals surface area contributed by atoms with Crippen molar-refractivity contribution in [1.29, 1.82) is 0 Å². The fourth-order valence-electron chi connectivity index (χ4n) is 2.44.